The maximum atomic E-state index is 14.1. The van der Waals surface area contributed by atoms with Crippen LogP contribution in [-0.2, 0) is 38.0 Å². The number of quaternary nitrogens is 1. The SMILES string of the molecule is CC[C@H]1OC(=O)[C@H](C)[C@@H](O[C@H]2C[C@@](C)(OC)[C@@H](O)[C@H](C)O2)[C@H](C)[C@@H](O[C@@H]2O[C@H](C)C[C@H]([N+](C)(C)O)[C@H]2O)[C@](C)(O)C[C@H](C)C(=O)[C@H](C)[C@@H](O)[C@]1(C)O. The van der Waals surface area contributed by atoms with E-state index in [4.69, 9.17) is 28.4 Å². The van der Waals surface area contributed by atoms with E-state index in [0.717, 1.165) is 0 Å². The smallest absolute Gasteiger partial charge is 0.311 e. The van der Waals surface area contributed by atoms with Crippen LogP contribution in [0.15, 0.2) is 0 Å². The Morgan fingerprint density at radius 3 is 2.02 bits per heavy atom. The Morgan fingerprint density at radius 2 is 1.48 bits per heavy atom. The van der Waals surface area contributed by atoms with E-state index in [-0.39, 0.29) is 19.3 Å². The van der Waals surface area contributed by atoms with Crippen molar-refractivity contribution in [2.75, 3.05) is 21.2 Å². The molecule has 3 heterocycles. The fraction of sp³-hybridized carbons (Fsp3) is 0.946. The average Bonchev–Trinajstić information content (AvgIpc) is 3.05. The number of rotatable bonds is 7. The molecule has 18 atom stereocenters. The van der Waals surface area contributed by atoms with E-state index in [9.17, 15) is 40.3 Å². The summed E-state index contributed by atoms with van der Waals surface area (Å²) >= 11 is 0. The summed E-state index contributed by atoms with van der Waals surface area (Å²) in [7, 11) is 4.52. The Labute approximate surface area is 309 Å². The van der Waals surface area contributed by atoms with Crippen molar-refractivity contribution in [3.8, 4) is 0 Å². The number of hydrogen-bond acceptors (Lipinski definition) is 14. The lowest BCUT2D eigenvalue weighted by atomic mass is 9.74. The summed E-state index contributed by atoms with van der Waals surface area (Å²) in [6, 6.07) is -0.717. The maximum absolute atomic E-state index is 14.1. The van der Waals surface area contributed by atoms with Crippen molar-refractivity contribution in [1.29, 1.82) is 0 Å². The number of Topliss-reactive ketones (excluding diaryl/α,β-unsaturated/α-hetero) is 1. The summed E-state index contributed by atoms with van der Waals surface area (Å²) in [5, 5.41) is 68.5. The molecule has 0 aliphatic carbocycles. The zero-order valence-corrected chi connectivity index (χ0v) is 33.4. The molecule has 0 aromatic heterocycles. The van der Waals surface area contributed by atoms with E-state index in [1.165, 1.54) is 42.0 Å². The topological polar surface area (TPSA) is 211 Å². The normalized spacial score (nSPS) is 49.2. The van der Waals surface area contributed by atoms with Gasteiger partial charge in [-0.15, -0.1) is 0 Å². The minimum absolute atomic E-state index is 0.0664. The number of esters is 1. The van der Waals surface area contributed by atoms with Crippen LogP contribution in [0.2, 0.25) is 0 Å². The van der Waals surface area contributed by atoms with Crippen LogP contribution in [0.5, 0.6) is 0 Å². The fourth-order valence-corrected chi connectivity index (χ4v) is 8.53. The van der Waals surface area contributed by atoms with Crippen LogP contribution < -0.4 is 0 Å². The third kappa shape index (κ3) is 9.54. The predicted octanol–water partition coefficient (Wildman–Crippen LogP) is 1.69. The van der Waals surface area contributed by atoms with Crippen molar-refractivity contribution in [1.82, 2.24) is 0 Å². The number of methoxy groups -OCH3 is 1. The Hall–Kier alpha value is -1.34. The van der Waals surface area contributed by atoms with Gasteiger partial charge in [0.25, 0.3) is 0 Å². The van der Waals surface area contributed by atoms with Gasteiger partial charge in [0.15, 0.2) is 24.7 Å². The van der Waals surface area contributed by atoms with Crippen LogP contribution in [-0.4, -0.2) is 153 Å². The first-order valence-corrected chi connectivity index (χ1v) is 18.7. The number of carbonyl (C=O) groups excluding carboxylic acids is 2. The highest BCUT2D eigenvalue weighted by Crippen LogP contribution is 2.41. The summed E-state index contributed by atoms with van der Waals surface area (Å²) in [4.78, 5) is 27.9. The van der Waals surface area contributed by atoms with E-state index >= 15 is 0 Å². The Morgan fingerprint density at radius 1 is 0.885 bits per heavy atom. The van der Waals surface area contributed by atoms with Gasteiger partial charge in [-0.3, -0.25) is 9.59 Å². The van der Waals surface area contributed by atoms with Crippen molar-refractivity contribution in [3.63, 3.8) is 0 Å². The molecule has 6 N–H and O–H groups in total. The van der Waals surface area contributed by atoms with E-state index in [0.29, 0.717) is 6.42 Å². The van der Waals surface area contributed by atoms with E-state index in [1.807, 2.05) is 0 Å². The molecule has 3 aliphatic heterocycles. The number of likely N-dealkylation sites (N-methyl/N-ethyl adjacent to an activating group) is 1. The van der Waals surface area contributed by atoms with Crippen LogP contribution in [0, 0.1) is 23.7 Å². The van der Waals surface area contributed by atoms with Crippen molar-refractivity contribution >= 4 is 11.8 Å². The maximum Gasteiger partial charge on any atom is 0.311 e. The number of cyclic esters (lactones) is 1. The highest BCUT2D eigenvalue weighted by Gasteiger charge is 2.54. The standard InChI is InChI=1S/C37H68NO14/c1-14-25-37(10,45)30(41)20(4)27(39)18(2)16-35(8,44)32(52-34-28(40)24(38(11,12)46)15-19(3)48-34)21(5)29(22(6)33(43)50-25)51-26-17-36(9,47-13)31(42)23(7)49-26/h18-26,28-32,34,40-42,44-46H,14-17H2,1-13H3/q+1/t18-,19+,20-,21-,22+,23-,24-,25+,26-,28+,29-,30+,31-,32+,34-,35+,36+,37+/m0/s1. The summed E-state index contributed by atoms with van der Waals surface area (Å²) < 4.78 is 36.3. The van der Waals surface area contributed by atoms with Gasteiger partial charge in [-0.25, -0.2) is 5.21 Å². The number of aliphatic hydroxyl groups is 5. The second kappa shape index (κ2) is 16.8. The molecule has 0 aromatic rings. The second-order valence-electron chi connectivity index (χ2n) is 17.0. The number of nitrogens with zero attached hydrogens (tertiary/aromatic N) is 1. The quantitative estimate of drug-likeness (QED) is 0.124. The van der Waals surface area contributed by atoms with Crippen molar-refractivity contribution in [3.05, 3.63) is 0 Å². The van der Waals surface area contributed by atoms with Gasteiger partial charge in [-0.05, 0) is 54.4 Å². The number of ether oxygens (including phenoxy) is 6. The molecule has 0 bridgehead atoms. The Balaban J connectivity index is 2.20. The lowest BCUT2D eigenvalue weighted by Crippen LogP contribution is -2.63. The highest BCUT2D eigenvalue weighted by atomic mass is 16.7. The Kier molecular flexibility index (Phi) is 14.6. The summed E-state index contributed by atoms with van der Waals surface area (Å²) in [6.07, 6.45) is -10.8. The van der Waals surface area contributed by atoms with Crippen molar-refractivity contribution in [2.45, 2.75) is 179 Å². The first kappa shape index (κ1) is 45.1. The predicted molar refractivity (Wildman–Crippen MR) is 186 cm³/mol. The molecule has 3 rings (SSSR count). The molecule has 304 valence electrons. The summed E-state index contributed by atoms with van der Waals surface area (Å²) in [6.45, 7) is 16.0. The minimum atomic E-state index is -2.02. The first-order valence-electron chi connectivity index (χ1n) is 18.7. The largest absolute Gasteiger partial charge is 0.459 e. The molecule has 0 unspecified atom stereocenters. The average molecular weight is 751 g/mol. The number of carbonyl (C=O) groups is 2. The molecule has 15 heteroatoms. The number of hydroxylamine groups is 3. The zero-order valence-electron chi connectivity index (χ0n) is 33.4. The Bertz CT molecular complexity index is 1210. The van der Waals surface area contributed by atoms with Gasteiger partial charge in [0, 0.05) is 37.7 Å². The van der Waals surface area contributed by atoms with Crippen LogP contribution in [0.1, 0.15) is 94.9 Å². The van der Waals surface area contributed by atoms with Gasteiger partial charge in [-0.2, -0.15) is 4.65 Å². The number of ketones is 1. The molecule has 0 spiro atoms. The van der Waals surface area contributed by atoms with Gasteiger partial charge in [0.2, 0.25) is 0 Å². The van der Waals surface area contributed by atoms with E-state index < -0.39 is 124 Å². The highest BCUT2D eigenvalue weighted by molar-refractivity contribution is 5.83. The molecule has 3 saturated heterocycles. The number of aliphatic hydroxyl groups excluding tert-OH is 3. The van der Waals surface area contributed by atoms with Crippen LogP contribution in [0.3, 0.4) is 0 Å². The lowest BCUT2D eigenvalue weighted by Gasteiger charge is -2.49. The molecule has 0 radical (unpaired) electrons. The fourth-order valence-electron chi connectivity index (χ4n) is 8.53. The molecule has 3 aliphatic rings. The molecule has 3 fully saturated rings. The van der Waals surface area contributed by atoms with E-state index in [2.05, 4.69) is 0 Å². The van der Waals surface area contributed by atoms with Gasteiger partial charge in [0.05, 0.1) is 61.7 Å². The third-order valence-corrected chi connectivity index (χ3v) is 12.0. The molecule has 52 heavy (non-hydrogen) atoms. The van der Waals surface area contributed by atoms with Crippen LogP contribution in [0.25, 0.3) is 0 Å². The minimum Gasteiger partial charge on any atom is -0.459 e. The van der Waals surface area contributed by atoms with Crippen molar-refractivity contribution in [2.24, 2.45) is 23.7 Å². The van der Waals surface area contributed by atoms with Gasteiger partial charge in [-0.1, -0.05) is 27.7 Å². The number of hydrogen-bond donors (Lipinski definition) is 6. The molecular formula is C37H68NO14+. The summed E-state index contributed by atoms with van der Waals surface area (Å²) in [5.41, 5.74) is -4.95. The van der Waals surface area contributed by atoms with Gasteiger partial charge < -0.3 is 54.0 Å². The van der Waals surface area contributed by atoms with Crippen molar-refractivity contribution < 1.29 is 73.4 Å². The third-order valence-electron chi connectivity index (χ3n) is 12.0. The zero-order chi connectivity index (χ0) is 39.9. The van der Waals surface area contributed by atoms with Gasteiger partial charge in [0.1, 0.15) is 23.6 Å². The molecule has 15 nitrogen and oxygen atoms in total. The van der Waals surface area contributed by atoms with Crippen LogP contribution >= 0.6 is 0 Å². The molecule has 0 aromatic carbocycles. The molecule has 0 saturated carbocycles. The molecular weight excluding hydrogens is 682 g/mol. The van der Waals surface area contributed by atoms with Gasteiger partial charge >= 0.3 is 5.97 Å². The van der Waals surface area contributed by atoms with E-state index in [1.54, 1.807) is 48.5 Å². The first-order chi connectivity index (χ1) is 23.7. The second-order valence-corrected chi connectivity index (χ2v) is 17.0. The molecule has 0 amide bonds. The monoisotopic (exact) mass is 750 g/mol. The lowest BCUT2D eigenvalue weighted by molar-refractivity contribution is -1.09. The van der Waals surface area contributed by atoms with Crippen LogP contribution in [0.4, 0.5) is 0 Å². The summed E-state index contributed by atoms with van der Waals surface area (Å²) in [5.74, 6) is -5.21.